The van der Waals surface area contributed by atoms with Gasteiger partial charge in [-0.3, -0.25) is 13.9 Å². The molecule has 1 heterocycles. The lowest BCUT2D eigenvalue weighted by Crippen LogP contribution is -2.34. The maximum atomic E-state index is 12.7. The van der Waals surface area contributed by atoms with Crippen LogP contribution < -0.4 is 11.0 Å². The number of hydrogen-bond acceptors (Lipinski definition) is 2. The molecule has 3 rings (SSSR count). The summed E-state index contributed by atoms with van der Waals surface area (Å²) in [7, 11) is 0. The lowest BCUT2D eigenvalue weighted by molar-refractivity contribution is -0.122. The Hall–Kier alpha value is -2.53. The molecule has 0 aliphatic rings. The van der Waals surface area contributed by atoms with E-state index in [1.807, 2.05) is 56.3 Å². The highest BCUT2D eigenvalue weighted by atomic mass is 35.5. The van der Waals surface area contributed by atoms with Crippen LogP contribution in [0.2, 0.25) is 5.02 Å². The fourth-order valence-electron chi connectivity index (χ4n) is 3.15. The van der Waals surface area contributed by atoms with Crippen LogP contribution >= 0.6 is 11.6 Å². The van der Waals surface area contributed by atoms with Crippen LogP contribution in [0.5, 0.6) is 0 Å². The summed E-state index contributed by atoms with van der Waals surface area (Å²) in [5.41, 5.74) is 2.40. The van der Waals surface area contributed by atoms with Gasteiger partial charge in [-0.1, -0.05) is 42.8 Å². The number of rotatable bonds is 6. The van der Waals surface area contributed by atoms with E-state index in [1.54, 1.807) is 10.6 Å². The van der Waals surface area contributed by atoms with E-state index in [9.17, 15) is 9.59 Å². The highest BCUT2D eigenvalue weighted by Gasteiger charge is 2.16. The van der Waals surface area contributed by atoms with Crippen molar-refractivity contribution in [3.8, 4) is 0 Å². The van der Waals surface area contributed by atoms with Gasteiger partial charge in [-0.15, -0.1) is 0 Å². The van der Waals surface area contributed by atoms with Gasteiger partial charge in [0.1, 0.15) is 6.54 Å². The number of carbonyl (C=O) groups is 1. The molecule has 0 saturated heterocycles. The molecule has 26 heavy (non-hydrogen) atoms. The molecule has 0 bridgehead atoms. The number of nitrogens with zero attached hydrogens (tertiary/aromatic N) is 2. The van der Waals surface area contributed by atoms with E-state index in [2.05, 4.69) is 5.32 Å². The van der Waals surface area contributed by atoms with E-state index in [4.69, 9.17) is 11.6 Å². The van der Waals surface area contributed by atoms with E-state index in [1.165, 1.54) is 4.57 Å². The number of imidazole rings is 1. The molecule has 0 saturated carbocycles. The second-order valence-electron chi connectivity index (χ2n) is 6.35. The van der Waals surface area contributed by atoms with Gasteiger partial charge in [0, 0.05) is 11.6 Å². The van der Waals surface area contributed by atoms with Crippen LogP contribution in [0.15, 0.2) is 53.3 Å². The molecule has 0 spiro atoms. The zero-order valence-corrected chi connectivity index (χ0v) is 15.7. The van der Waals surface area contributed by atoms with E-state index < -0.39 is 0 Å². The molecule has 2 aromatic carbocycles. The third-order valence-electron chi connectivity index (χ3n) is 4.40. The molecule has 5 nitrogen and oxygen atoms in total. The molecule has 1 atom stereocenters. The summed E-state index contributed by atoms with van der Waals surface area (Å²) in [5.74, 6) is -0.209. The van der Waals surface area contributed by atoms with Crippen LogP contribution in [0.1, 0.15) is 31.9 Å². The summed E-state index contributed by atoms with van der Waals surface area (Å²) in [4.78, 5) is 25.3. The minimum Gasteiger partial charge on any atom is -0.348 e. The molecule has 0 aliphatic carbocycles. The fourth-order valence-corrected chi connectivity index (χ4v) is 3.35. The van der Waals surface area contributed by atoms with Crippen LogP contribution in [0.4, 0.5) is 0 Å². The quantitative estimate of drug-likeness (QED) is 0.717. The Morgan fingerprint density at radius 3 is 2.46 bits per heavy atom. The summed E-state index contributed by atoms with van der Waals surface area (Å²) in [5, 5.41) is 3.57. The van der Waals surface area contributed by atoms with Gasteiger partial charge in [-0.05, 0) is 43.2 Å². The molecule has 6 heteroatoms. The Kier molecular flexibility index (Phi) is 5.47. The Morgan fingerprint density at radius 2 is 1.81 bits per heavy atom. The Labute approximate surface area is 157 Å². The van der Waals surface area contributed by atoms with Gasteiger partial charge in [0.25, 0.3) is 0 Å². The highest BCUT2D eigenvalue weighted by molar-refractivity contribution is 6.30. The number of para-hydroxylation sites is 2. The van der Waals surface area contributed by atoms with Crippen LogP contribution in [-0.2, 0) is 17.9 Å². The van der Waals surface area contributed by atoms with Gasteiger partial charge >= 0.3 is 5.69 Å². The molecule has 1 amide bonds. The molecule has 0 aliphatic heterocycles. The van der Waals surface area contributed by atoms with Gasteiger partial charge in [0.2, 0.25) is 5.91 Å². The summed E-state index contributed by atoms with van der Waals surface area (Å²) in [6, 6.07) is 14.8. The number of amides is 1. The minimum absolute atomic E-state index is 0.0129. The molecule has 136 valence electrons. The average Bonchev–Trinajstić information content (AvgIpc) is 2.88. The molecular formula is C20H22ClN3O2. The number of hydrogen-bond donors (Lipinski definition) is 1. The monoisotopic (exact) mass is 371 g/mol. The van der Waals surface area contributed by atoms with Crippen molar-refractivity contribution in [1.82, 2.24) is 14.5 Å². The first-order chi connectivity index (χ1) is 12.5. The zero-order valence-electron chi connectivity index (χ0n) is 14.9. The predicted octanol–water partition coefficient (Wildman–Crippen LogP) is 3.74. The van der Waals surface area contributed by atoms with E-state index in [0.29, 0.717) is 11.6 Å². The normalized spacial score (nSPS) is 12.3. The Balaban J connectivity index is 1.83. The smallest absolute Gasteiger partial charge is 0.329 e. The predicted molar refractivity (Wildman–Crippen MR) is 104 cm³/mol. The van der Waals surface area contributed by atoms with Crippen molar-refractivity contribution in [3.63, 3.8) is 0 Å². The van der Waals surface area contributed by atoms with Crippen LogP contribution in [0, 0.1) is 0 Å². The van der Waals surface area contributed by atoms with E-state index in [-0.39, 0.29) is 24.2 Å². The number of aryl methyl sites for hydroxylation is 1. The van der Waals surface area contributed by atoms with Crippen molar-refractivity contribution in [1.29, 1.82) is 0 Å². The van der Waals surface area contributed by atoms with Gasteiger partial charge in [-0.2, -0.15) is 0 Å². The number of aromatic nitrogens is 2. The van der Waals surface area contributed by atoms with E-state index in [0.717, 1.165) is 23.0 Å². The van der Waals surface area contributed by atoms with Gasteiger partial charge in [0.05, 0.1) is 17.1 Å². The molecule has 0 radical (unpaired) electrons. The largest absolute Gasteiger partial charge is 0.348 e. The minimum atomic E-state index is -0.209. The summed E-state index contributed by atoms with van der Waals surface area (Å²) in [6.07, 6.45) is 0.853. The highest BCUT2D eigenvalue weighted by Crippen LogP contribution is 2.18. The van der Waals surface area contributed by atoms with Crippen molar-refractivity contribution in [2.75, 3.05) is 0 Å². The molecule has 1 unspecified atom stereocenters. The number of carbonyl (C=O) groups excluding carboxylic acids is 1. The summed E-state index contributed by atoms with van der Waals surface area (Å²) >= 11 is 6.01. The van der Waals surface area contributed by atoms with Crippen molar-refractivity contribution in [2.24, 2.45) is 0 Å². The fraction of sp³-hybridized carbons (Fsp3) is 0.300. The molecule has 1 aromatic heterocycles. The maximum absolute atomic E-state index is 12.7. The first kappa shape index (κ1) is 18.3. The van der Waals surface area contributed by atoms with Crippen LogP contribution in [-0.4, -0.2) is 15.0 Å². The Bertz CT molecular complexity index is 990. The summed E-state index contributed by atoms with van der Waals surface area (Å²) in [6.45, 7) is 4.54. The molecule has 1 N–H and O–H groups in total. The van der Waals surface area contributed by atoms with Crippen molar-refractivity contribution < 1.29 is 4.79 Å². The maximum Gasteiger partial charge on any atom is 0.329 e. The standard InChI is InChI=1S/C20H22ClN3O2/c1-3-11-23-17-9-4-5-10-18(17)24(20(23)26)13-19(25)22-14(2)15-7-6-8-16(21)12-15/h4-10,12,14H,3,11,13H2,1-2H3,(H,22,25). The number of nitrogens with one attached hydrogen (secondary N) is 1. The second-order valence-corrected chi connectivity index (χ2v) is 6.79. The van der Waals surface area contributed by atoms with Gasteiger partial charge < -0.3 is 5.32 Å². The van der Waals surface area contributed by atoms with Gasteiger partial charge in [0.15, 0.2) is 0 Å². The SMILES string of the molecule is CCCn1c(=O)n(CC(=O)NC(C)c2cccc(Cl)c2)c2ccccc21. The molecule has 0 fully saturated rings. The topological polar surface area (TPSA) is 56.0 Å². The summed E-state index contributed by atoms with van der Waals surface area (Å²) < 4.78 is 3.26. The van der Waals surface area contributed by atoms with Crippen molar-refractivity contribution in [3.05, 3.63) is 69.6 Å². The van der Waals surface area contributed by atoms with E-state index >= 15 is 0 Å². The molecular weight excluding hydrogens is 350 g/mol. The molecule has 3 aromatic rings. The first-order valence-electron chi connectivity index (χ1n) is 8.74. The van der Waals surface area contributed by atoms with Crippen molar-refractivity contribution >= 4 is 28.5 Å². The third kappa shape index (κ3) is 3.68. The lowest BCUT2D eigenvalue weighted by Gasteiger charge is -2.15. The third-order valence-corrected chi connectivity index (χ3v) is 4.64. The second kappa shape index (κ2) is 7.79. The Morgan fingerprint density at radius 1 is 1.12 bits per heavy atom. The average molecular weight is 372 g/mol. The number of halogens is 1. The number of benzene rings is 2. The zero-order chi connectivity index (χ0) is 18.7. The van der Waals surface area contributed by atoms with Crippen molar-refractivity contribution in [2.45, 2.75) is 39.4 Å². The number of fused-ring (bicyclic) bond motifs is 1. The van der Waals surface area contributed by atoms with Gasteiger partial charge in [-0.25, -0.2) is 4.79 Å². The van der Waals surface area contributed by atoms with Crippen LogP contribution in [0.3, 0.4) is 0 Å². The first-order valence-corrected chi connectivity index (χ1v) is 9.12. The van der Waals surface area contributed by atoms with Crippen LogP contribution in [0.25, 0.3) is 11.0 Å². The lowest BCUT2D eigenvalue weighted by atomic mass is 10.1.